The van der Waals surface area contributed by atoms with E-state index in [1.807, 2.05) is 13.0 Å². The Labute approximate surface area is 140 Å². The Kier molecular flexibility index (Phi) is 5.70. The number of hydrogen-bond donors (Lipinski definition) is 1. The van der Waals surface area contributed by atoms with Gasteiger partial charge in [0.05, 0.1) is 16.0 Å². The number of rotatable bonds is 4. The summed E-state index contributed by atoms with van der Waals surface area (Å²) in [5.74, 6) is -1.29. The van der Waals surface area contributed by atoms with Crippen molar-refractivity contribution >= 4 is 35.1 Å². The number of nitrogens with zero attached hydrogens (tertiary/aromatic N) is 1. The van der Waals surface area contributed by atoms with Gasteiger partial charge in [0, 0.05) is 19.0 Å². The fourth-order valence-electron chi connectivity index (χ4n) is 2.75. The van der Waals surface area contributed by atoms with E-state index in [2.05, 4.69) is 0 Å². The molecule has 4 nitrogen and oxygen atoms in total. The van der Waals surface area contributed by atoms with Crippen molar-refractivity contribution < 1.29 is 14.7 Å². The molecule has 1 aliphatic heterocycles. The minimum Gasteiger partial charge on any atom is -0.481 e. The maximum absolute atomic E-state index is 12.4. The second-order valence-electron chi connectivity index (χ2n) is 5.76. The van der Waals surface area contributed by atoms with Crippen LogP contribution in [0.25, 0.3) is 0 Å². The van der Waals surface area contributed by atoms with Crippen molar-refractivity contribution in [2.75, 3.05) is 6.54 Å². The van der Waals surface area contributed by atoms with E-state index in [1.165, 1.54) is 0 Å². The highest BCUT2D eigenvalue weighted by Crippen LogP contribution is 2.25. The number of benzene rings is 1. The topological polar surface area (TPSA) is 57.6 Å². The van der Waals surface area contributed by atoms with Crippen molar-refractivity contribution in [1.82, 2.24) is 4.90 Å². The molecule has 0 radical (unpaired) electrons. The van der Waals surface area contributed by atoms with Gasteiger partial charge < -0.3 is 10.0 Å². The molecule has 1 aromatic carbocycles. The van der Waals surface area contributed by atoms with Crippen molar-refractivity contribution in [3.8, 4) is 0 Å². The number of carbonyl (C=O) groups excluding carboxylic acids is 1. The Balaban J connectivity index is 1.95. The third kappa shape index (κ3) is 4.14. The highest BCUT2D eigenvalue weighted by Gasteiger charge is 2.32. The van der Waals surface area contributed by atoms with Crippen LogP contribution in [0.4, 0.5) is 0 Å². The number of aryl methyl sites for hydroxylation is 1. The van der Waals surface area contributed by atoms with Crippen LogP contribution in [0.15, 0.2) is 18.2 Å². The van der Waals surface area contributed by atoms with E-state index in [0.29, 0.717) is 35.9 Å². The first-order valence-corrected chi connectivity index (χ1v) is 8.10. The smallest absolute Gasteiger partial charge is 0.308 e. The summed E-state index contributed by atoms with van der Waals surface area (Å²) in [6.07, 6.45) is 2.27. The van der Waals surface area contributed by atoms with Crippen LogP contribution < -0.4 is 0 Å². The average molecular weight is 344 g/mol. The van der Waals surface area contributed by atoms with Gasteiger partial charge in [0.1, 0.15) is 0 Å². The summed E-state index contributed by atoms with van der Waals surface area (Å²) in [5, 5.41) is 10.1. The van der Waals surface area contributed by atoms with Crippen LogP contribution in [0.3, 0.4) is 0 Å². The summed E-state index contributed by atoms with van der Waals surface area (Å²) >= 11 is 11.8. The Hall–Kier alpha value is -1.26. The molecular weight excluding hydrogens is 325 g/mol. The quantitative estimate of drug-likeness (QED) is 0.907. The Bertz CT molecular complexity index is 577. The first-order chi connectivity index (χ1) is 10.4. The molecule has 2 atom stereocenters. The molecule has 2 rings (SSSR count). The second kappa shape index (κ2) is 7.34. The zero-order valence-electron chi connectivity index (χ0n) is 12.4. The van der Waals surface area contributed by atoms with Crippen LogP contribution in [-0.4, -0.2) is 34.5 Å². The van der Waals surface area contributed by atoms with E-state index in [1.54, 1.807) is 17.0 Å². The average Bonchev–Trinajstić information content (AvgIpc) is 2.48. The van der Waals surface area contributed by atoms with Gasteiger partial charge in [-0.3, -0.25) is 9.59 Å². The van der Waals surface area contributed by atoms with Crippen LogP contribution in [0.1, 0.15) is 31.7 Å². The van der Waals surface area contributed by atoms with E-state index in [-0.39, 0.29) is 11.9 Å². The largest absolute Gasteiger partial charge is 0.481 e. The number of amides is 1. The summed E-state index contributed by atoms with van der Waals surface area (Å²) in [4.78, 5) is 25.2. The SMILES string of the molecule is CC1CCC(C(=O)O)CN1C(=O)CCc1ccc(Cl)c(Cl)c1. The third-order valence-corrected chi connectivity index (χ3v) is 4.90. The zero-order valence-corrected chi connectivity index (χ0v) is 13.9. The molecule has 1 saturated heterocycles. The van der Waals surface area contributed by atoms with Crippen molar-refractivity contribution in [3.63, 3.8) is 0 Å². The molecule has 0 spiro atoms. The van der Waals surface area contributed by atoms with Crippen molar-refractivity contribution in [2.24, 2.45) is 5.92 Å². The Morgan fingerprint density at radius 3 is 2.64 bits per heavy atom. The Morgan fingerprint density at radius 2 is 2.00 bits per heavy atom. The van der Waals surface area contributed by atoms with Gasteiger partial charge in [-0.15, -0.1) is 0 Å². The molecule has 22 heavy (non-hydrogen) atoms. The number of halogens is 2. The van der Waals surface area contributed by atoms with Gasteiger partial charge in [0.2, 0.25) is 5.91 Å². The molecule has 1 aromatic rings. The van der Waals surface area contributed by atoms with E-state index >= 15 is 0 Å². The van der Waals surface area contributed by atoms with Crippen molar-refractivity contribution in [2.45, 2.75) is 38.6 Å². The molecule has 1 aliphatic rings. The van der Waals surface area contributed by atoms with Gasteiger partial charge in [0.15, 0.2) is 0 Å². The number of likely N-dealkylation sites (tertiary alicyclic amines) is 1. The van der Waals surface area contributed by atoms with Gasteiger partial charge in [-0.25, -0.2) is 0 Å². The molecule has 1 heterocycles. The number of carboxylic acid groups (broad SMARTS) is 1. The first kappa shape index (κ1) is 17.1. The van der Waals surface area contributed by atoms with E-state index in [4.69, 9.17) is 28.3 Å². The van der Waals surface area contributed by atoms with E-state index < -0.39 is 11.9 Å². The standard InChI is InChI=1S/C16H19Cl2NO3/c1-10-2-5-12(16(21)22)9-19(10)15(20)7-4-11-3-6-13(17)14(18)8-11/h3,6,8,10,12H,2,4-5,7,9H2,1H3,(H,21,22). The first-order valence-electron chi connectivity index (χ1n) is 7.34. The third-order valence-electron chi connectivity index (χ3n) is 4.16. The number of hydrogen-bond acceptors (Lipinski definition) is 2. The minimum absolute atomic E-state index is 0.00970. The van der Waals surface area contributed by atoms with Gasteiger partial charge in [-0.05, 0) is 43.9 Å². The highest BCUT2D eigenvalue weighted by molar-refractivity contribution is 6.42. The van der Waals surface area contributed by atoms with Crippen LogP contribution in [0.5, 0.6) is 0 Å². The van der Waals surface area contributed by atoms with Gasteiger partial charge in [-0.2, -0.15) is 0 Å². The lowest BCUT2D eigenvalue weighted by atomic mass is 9.93. The lowest BCUT2D eigenvalue weighted by Gasteiger charge is -2.36. The molecule has 6 heteroatoms. The summed E-state index contributed by atoms with van der Waals surface area (Å²) in [7, 11) is 0. The number of carbonyl (C=O) groups is 2. The van der Waals surface area contributed by atoms with E-state index in [9.17, 15) is 9.59 Å². The molecule has 1 N–H and O–H groups in total. The van der Waals surface area contributed by atoms with Gasteiger partial charge >= 0.3 is 5.97 Å². The van der Waals surface area contributed by atoms with Crippen LogP contribution in [-0.2, 0) is 16.0 Å². The summed E-state index contributed by atoms with van der Waals surface area (Å²) in [6.45, 7) is 2.27. The number of piperidine rings is 1. The fourth-order valence-corrected chi connectivity index (χ4v) is 3.07. The number of aliphatic carboxylic acids is 1. The molecule has 0 aromatic heterocycles. The van der Waals surface area contributed by atoms with E-state index in [0.717, 1.165) is 12.0 Å². The Morgan fingerprint density at radius 1 is 1.27 bits per heavy atom. The number of carboxylic acids is 1. The van der Waals surface area contributed by atoms with Gasteiger partial charge in [0.25, 0.3) is 0 Å². The van der Waals surface area contributed by atoms with Crippen LogP contribution >= 0.6 is 23.2 Å². The summed E-state index contributed by atoms with van der Waals surface area (Å²) in [6, 6.07) is 5.42. The molecule has 0 bridgehead atoms. The molecule has 0 aliphatic carbocycles. The van der Waals surface area contributed by atoms with Crippen LogP contribution in [0, 0.1) is 5.92 Å². The monoisotopic (exact) mass is 343 g/mol. The fraction of sp³-hybridized carbons (Fsp3) is 0.500. The maximum Gasteiger partial charge on any atom is 0.308 e. The zero-order chi connectivity index (χ0) is 16.3. The van der Waals surface area contributed by atoms with Crippen molar-refractivity contribution in [1.29, 1.82) is 0 Å². The molecule has 0 saturated carbocycles. The normalized spacial score (nSPS) is 21.7. The molecule has 1 amide bonds. The summed E-state index contributed by atoms with van der Waals surface area (Å²) < 4.78 is 0. The lowest BCUT2D eigenvalue weighted by Crippen LogP contribution is -2.47. The lowest BCUT2D eigenvalue weighted by molar-refractivity contribution is -0.147. The highest BCUT2D eigenvalue weighted by atomic mass is 35.5. The molecule has 120 valence electrons. The summed E-state index contributed by atoms with van der Waals surface area (Å²) in [5.41, 5.74) is 0.946. The second-order valence-corrected chi connectivity index (χ2v) is 6.57. The minimum atomic E-state index is -0.825. The van der Waals surface area contributed by atoms with Crippen LogP contribution in [0.2, 0.25) is 10.0 Å². The predicted molar refractivity (Wildman–Crippen MR) is 86.3 cm³/mol. The molecular formula is C16H19Cl2NO3. The van der Waals surface area contributed by atoms with Gasteiger partial charge in [-0.1, -0.05) is 29.3 Å². The maximum atomic E-state index is 12.4. The van der Waals surface area contributed by atoms with Crippen molar-refractivity contribution in [3.05, 3.63) is 33.8 Å². The predicted octanol–water partition coefficient (Wildman–Crippen LogP) is 3.64. The molecule has 2 unspecified atom stereocenters. The molecule has 1 fully saturated rings.